The molecule has 0 aliphatic heterocycles. The van der Waals surface area contributed by atoms with Gasteiger partial charge in [-0.15, -0.1) is 5.10 Å². The fourth-order valence-corrected chi connectivity index (χ4v) is 2.34. The summed E-state index contributed by atoms with van der Waals surface area (Å²) < 4.78 is 1.39. The summed E-state index contributed by atoms with van der Waals surface area (Å²) in [4.78, 5) is 22.8. The second kappa shape index (κ2) is 5.79. The Hall–Kier alpha value is -1.96. The highest BCUT2D eigenvalue weighted by molar-refractivity contribution is 5.78. The van der Waals surface area contributed by atoms with Crippen LogP contribution in [0.2, 0.25) is 0 Å². The Morgan fingerprint density at radius 1 is 1.53 bits per heavy atom. The van der Waals surface area contributed by atoms with Crippen LogP contribution >= 0.6 is 0 Å². The van der Waals surface area contributed by atoms with Crippen molar-refractivity contribution in [3.63, 3.8) is 0 Å². The van der Waals surface area contributed by atoms with E-state index in [0.29, 0.717) is 18.5 Å². The van der Waals surface area contributed by atoms with Gasteiger partial charge in [0, 0.05) is 12.6 Å². The van der Waals surface area contributed by atoms with E-state index in [4.69, 9.17) is 10.8 Å². The number of nitrogens with one attached hydrogen (secondary N) is 1. The van der Waals surface area contributed by atoms with Crippen molar-refractivity contribution in [2.75, 3.05) is 0 Å². The lowest BCUT2D eigenvalue weighted by Gasteiger charge is -2.17. The Morgan fingerprint density at radius 2 is 2.32 bits per heavy atom. The van der Waals surface area contributed by atoms with Gasteiger partial charge < -0.3 is 16.2 Å². The Labute approximate surface area is 110 Å². The van der Waals surface area contributed by atoms with Gasteiger partial charge in [-0.3, -0.25) is 9.59 Å². The van der Waals surface area contributed by atoms with Crippen LogP contribution < -0.4 is 11.1 Å². The first-order valence-electron chi connectivity index (χ1n) is 6.21. The fourth-order valence-electron chi connectivity index (χ4n) is 2.34. The van der Waals surface area contributed by atoms with E-state index in [9.17, 15) is 9.59 Å². The van der Waals surface area contributed by atoms with E-state index < -0.39 is 11.9 Å². The SMILES string of the molecule is NCc1cn(CC(=O)NC2CCCC2C(=O)O)nn1. The van der Waals surface area contributed by atoms with Gasteiger partial charge >= 0.3 is 5.97 Å². The number of carboxylic acids is 1. The zero-order valence-electron chi connectivity index (χ0n) is 10.5. The number of hydrogen-bond acceptors (Lipinski definition) is 5. The molecule has 1 heterocycles. The molecule has 104 valence electrons. The van der Waals surface area contributed by atoms with E-state index in [1.165, 1.54) is 4.68 Å². The number of carboxylic acid groups (broad SMARTS) is 1. The third kappa shape index (κ3) is 3.28. The standard InChI is InChI=1S/C11H17N5O3/c12-4-7-5-16(15-14-7)6-10(17)13-9-3-1-2-8(9)11(18)19/h5,8-9H,1-4,6,12H2,(H,13,17)(H,18,19). The molecule has 1 saturated carbocycles. The molecule has 0 spiro atoms. The van der Waals surface area contributed by atoms with Gasteiger partial charge in [-0.1, -0.05) is 11.6 Å². The molecule has 2 unspecified atom stereocenters. The predicted molar refractivity (Wildman–Crippen MR) is 64.8 cm³/mol. The van der Waals surface area contributed by atoms with Crippen molar-refractivity contribution in [1.29, 1.82) is 0 Å². The van der Waals surface area contributed by atoms with E-state index in [-0.39, 0.29) is 25.0 Å². The van der Waals surface area contributed by atoms with Crippen LogP contribution in [-0.2, 0) is 22.7 Å². The minimum Gasteiger partial charge on any atom is -0.481 e. The van der Waals surface area contributed by atoms with Crippen LogP contribution in [0, 0.1) is 5.92 Å². The zero-order valence-corrected chi connectivity index (χ0v) is 10.5. The molecule has 1 aliphatic rings. The topological polar surface area (TPSA) is 123 Å². The number of aromatic nitrogens is 3. The van der Waals surface area contributed by atoms with Crippen LogP contribution in [0.5, 0.6) is 0 Å². The molecule has 0 radical (unpaired) electrons. The van der Waals surface area contributed by atoms with Crippen LogP contribution in [-0.4, -0.2) is 38.0 Å². The van der Waals surface area contributed by atoms with Gasteiger partial charge in [0.2, 0.25) is 5.91 Å². The number of hydrogen-bond donors (Lipinski definition) is 3. The van der Waals surface area contributed by atoms with Gasteiger partial charge in [-0.2, -0.15) is 0 Å². The Morgan fingerprint density at radius 3 is 2.95 bits per heavy atom. The van der Waals surface area contributed by atoms with E-state index in [0.717, 1.165) is 6.42 Å². The number of nitrogens with two attached hydrogens (primary N) is 1. The quantitative estimate of drug-likeness (QED) is 0.635. The molecule has 1 aromatic heterocycles. The van der Waals surface area contributed by atoms with Crippen molar-refractivity contribution in [2.45, 2.75) is 38.4 Å². The maximum absolute atomic E-state index is 11.8. The van der Waals surface area contributed by atoms with Crippen molar-refractivity contribution in [2.24, 2.45) is 11.7 Å². The number of aliphatic carboxylic acids is 1. The largest absolute Gasteiger partial charge is 0.481 e. The average Bonchev–Trinajstić information content (AvgIpc) is 2.97. The van der Waals surface area contributed by atoms with Crippen LogP contribution in [0.1, 0.15) is 25.0 Å². The van der Waals surface area contributed by atoms with Crippen LogP contribution in [0.4, 0.5) is 0 Å². The first-order valence-corrected chi connectivity index (χ1v) is 6.21. The molecule has 2 rings (SSSR count). The van der Waals surface area contributed by atoms with Gasteiger partial charge in [0.25, 0.3) is 0 Å². The first kappa shape index (κ1) is 13.5. The monoisotopic (exact) mass is 267 g/mol. The third-order valence-corrected chi connectivity index (χ3v) is 3.28. The van der Waals surface area contributed by atoms with Gasteiger partial charge in [0.05, 0.1) is 17.8 Å². The maximum Gasteiger partial charge on any atom is 0.308 e. The van der Waals surface area contributed by atoms with Crippen molar-refractivity contribution in [1.82, 2.24) is 20.3 Å². The van der Waals surface area contributed by atoms with Gasteiger partial charge in [-0.05, 0) is 12.8 Å². The van der Waals surface area contributed by atoms with Gasteiger partial charge in [-0.25, -0.2) is 4.68 Å². The summed E-state index contributed by atoms with van der Waals surface area (Å²) in [6.07, 6.45) is 3.74. The summed E-state index contributed by atoms with van der Waals surface area (Å²) in [5, 5.41) is 19.3. The molecule has 8 nitrogen and oxygen atoms in total. The van der Waals surface area contributed by atoms with E-state index in [2.05, 4.69) is 15.6 Å². The molecule has 4 N–H and O–H groups in total. The Balaban J connectivity index is 1.88. The second-order valence-corrected chi connectivity index (χ2v) is 4.66. The molecular weight excluding hydrogens is 250 g/mol. The predicted octanol–water partition coefficient (Wildman–Crippen LogP) is -0.894. The molecule has 0 aromatic carbocycles. The molecule has 2 atom stereocenters. The zero-order chi connectivity index (χ0) is 13.8. The summed E-state index contributed by atoms with van der Waals surface area (Å²) in [5.41, 5.74) is 6.00. The molecular formula is C11H17N5O3. The smallest absolute Gasteiger partial charge is 0.308 e. The van der Waals surface area contributed by atoms with E-state index in [1.54, 1.807) is 6.20 Å². The molecule has 8 heteroatoms. The average molecular weight is 267 g/mol. The van der Waals surface area contributed by atoms with Crippen molar-refractivity contribution in [3.05, 3.63) is 11.9 Å². The fraction of sp³-hybridized carbons (Fsp3) is 0.636. The maximum atomic E-state index is 11.8. The Bertz CT molecular complexity index is 473. The Kier molecular flexibility index (Phi) is 4.10. The highest BCUT2D eigenvalue weighted by Crippen LogP contribution is 2.25. The summed E-state index contributed by atoms with van der Waals surface area (Å²) in [5.74, 6) is -1.60. The van der Waals surface area contributed by atoms with Crippen molar-refractivity contribution >= 4 is 11.9 Å². The number of nitrogens with zero attached hydrogens (tertiary/aromatic N) is 3. The van der Waals surface area contributed by atoms with Crippen LogP contribution in [0.3, 0.4) is 0 Å². The normalized spacial score (nSPS) is 22.4. The molecule has 1 fully saturated rings. The number of amides is 1. The van der Waals surface area contributed by atoms with Gasteiger partial charge in [0.1, 0.15) is 6.54 Å². The lowest BCUT2D eigenvalue weighted by molar-refractivity contribution is -0.142. The first-order chi connectivity index (χ1) is 9.10. The highest BCUT2D eigenvalue weighted by atomic mass is 16.4. The lowest BCUT2D eigenvalue weighted by atomic mass is 10.0. The third-order valence-electron chi connectivity index (χ3n) is 3.28. The molecule has 1 aliphatic carbocycles. The molecule has 0 saturated heterocycles. The van der Waals surface area contributed by atoms with E-state index in [1.807, 2.05) is 0 Å². The van der Waals surface area contributed by atoms with Gasteiger partial charge in [0.15, 0.2) is 0 Å². The second-order valence-electron chi connectivity index (χ2n) is 4.66. The molecule has 19 heavy (non-hydrogen) atoms. The summed E-state index contributed by atoms with van der Waals surface area (Å²) in [7, 11) is 0. The molecule has 0 bridgehead atoms. The summed E-state index contributed by atoms with van der Waals surface area (Å²) >= 11 is 0. The van der Waals surface area contributed by atoms with Crippen molar-refractivity contribution in [3.8, 4) is 0 Å². The van der Waals surface area contributed by atoms with E-state index >= 15 is 0 Å². The lowest BCUT2D eigenvalue weighted by Crippen LogP contribution is -2.41. The van der Waals surface area contributed by atoms with Crippen LogP contribution in [0.25, 0.3) is 0 Å². The summed E-state index contributed by atoms with van der Waals surface area (Å²) in [6, 6.07) is -0.289. The summed E-state index contributed by atoms with van der Waals surface area (Å²) in [6.45, 7) is 0.293. The van der Waals surface area contributed by atoms with Crippen molar-refractivity contribution < 1.29 is 14.7 Å². The highest BCUT2D eigenvalue weighted by Gasteiger charge is 2.33. The number of rotatable bonds is 5. The number of carbonyl (C=O) groups is 2. The minimum atomic E-state index is -0.853. The minimum absolute atomic E-state index is 0.0236. The molecule has 1 amide bonds. The molecule has 1 aromatic rings. The van der Waals surface area contributed by atoms with Crippen LogP contribution in [0.15, 0.2) is 6.20 Å². The number of carbonyl (C=O) groups excluding carboxylic acids is 1.